The van der Waals surface area contributed by atoms with Crippen LogP contribution in [0.25, 0.3) is 10.9 Å². The number of carbonyl (C=O) groups is 2. The zero-order valence-electron chi connectivity index (χ0n) is 17.3. The molecule has 1 heterocycles. The lowest BCUT2D eigenvalue weighted by atomic mass is 10.0. The Morgan fingerprint density at radius 3 is 2.43 bits per heavy atom. The van der Waals surface area contributed by atoms with E-state index < -0.39 is 5.97 Å². The molecule has 0 aliphatic heterocycles. The number of hydrogen-bond donors (Lipinski definition) is 1. The molecule has 5 heteroatoms. The maximum atomic E-state index is 13.0. The number of hydrogen-bond acceptors (Lipinski definition) is 2. The van der Waals surface area contributed by atoms with Crippen LogP contribution in [0, 0.1) is 5.92 Å². The van der Waals surface area contributed by atoms with Gasteiger partial charge in [0.05, 0.1) is 5.52 Å². The third-order valence-corrected chi connectivity index (χ3v) is 5.61. The molecule has 0 amide bonds. The molecule has 0 saturated heterocycles. The number of nitrogens with zero attached hydrogens (tertiary/aromatic N) is 1. The van der Waals surface area contributed by atoms with Crippen LogP contribution in [0.1, 0.15) is 55.1 Å². The summed E-state index contributed by atoms with van der Waals surface area (Å²) < 4.78 is 1.75. The van der Waals surface area contributed by atoms with Gasteiger partial charge in [0.1, 0.15) is 0 Å². The number of aliphatic carboxylic acids is 1. The molecule has 2 aromatic carbocycles. The average Bonchev–Trinajstić information content (AvgIpc) is 3.05. The van der Waals surface area contributed by atoms with E-state index in [1.54, 1.807) is 11.5 Å². The van der Waals surface area contributed by atoms with E-state index in [0.717, 1.165) is 48.7 Å². The summed E-state index contributed by atoms with van der Waals surface area (Å²) >= 11 is 6.18. The lowest BCUT2D eigenvalue weighted by Gasteiger charge is -2.13. The lowest BCUT2D eigenvalue weighted by Crippen LogP contribution is -2.18. The van der Waals surface area contributed by atoms with Gasteiger partial charge in [0, 0.05) is 28.9 Å². The minimum atomic E-state index is -0.880. The first-order valence-corrected chi connectivity index (χ1v) is 10.9. The number of rotatable bonds is 10. The van der Waals surface area contributed by atoms with Crippen LogP contribution >= 0.6 is 11.6 Å². The number of halogens is 1. The summed E-state index contributed by atoms with van der Waals surface area (Å²) in [6.07, 6.45) is 5.24. The van der Waals surface area contributed by atoms with Crippen molar-refractivity contribution in [2.24, 2.45) is 5.92 Å². The highest BCUT2D eigenvalue weighted by atomic mass is 35.5. The second kappa shape index (κ2) is 10.4. The van der Waals surface area contributed by atoms with E-state index in [4.69, 9.17) is 16.7 Å². The van der Waals surface area contributed by atoms with Gasteiger partial charge in [-0.05, 0) is 55.4 Å². The number of benzene rings is 2. The van der Waals surface area contributed by atoms with Crippen molar-refractivity contribution in [2.75, 3.05) is 0 Å². The molecular formula is C25H28ClNO3. The zero-order chi connectivity index (χ0) is 21.5. The van der Waals surface area contributed by atoms with Gasteiger partial charge in [-0.15, -0.1) is 0 Å². The van der Waals surface area contributed by atoms with Crippen molar-refractivity contribution in [2.45, 2.75) is 51.9 Å². The molecule has 0 radical (unpaired) electrons. The summed E-state index contributed by atoms with van der Waals surface area (Å²) in [5, 5.41) is 10.6. The minimum absolute atomic E-state index is 0.0134. The lowest BCUT2D eigenvalue weighted by molar-refractivity contribution is -0.137. The number of fused-ring (bicyclic) bond motifs is 1. The van der Waals surface area contributed by atoms with E-state index in [9.17, 15) is 9.59 Å². The average molecular weight is 426 g/mol. The molecule has 0 saturated carbocycles. The summed E-state index contributed by atoms with van der Waals surface area (Å²) in [4.78, 5) is 24.0. The molecule has 4 nitrogen and oxygen atoms in total. The monoisotopic (exact) mass is 425 g/mol. The smallest absolute Gasteiger partial charge is 0.303 e. The Balaban J connectivity index is 1.69. The molecule has 1 aromatic heterocycles. The van der Waals surface area contributed by atoms with Crippen molar-refractivity contribution in [1.82, 2.24) is 4.57 Å². The van der Waals surface area contributed by atoms with Crippen LogP contribution in [0.4, 0.5) is 0 Å². The Morgan fingerprint density at radius 1 is 0.967 bits per heavy atom. The largest absolute Gasteiger partial charge is 0.481 e. The molecule has 0 bridgehead atoms. The molecular weight excluding hydrogens is 398 g/mol. The third kappa shape index (κ3) is 5.96. The number of carboxylic acids is 1. The van der Waals surface area contributed by atoms with Crippen molar-refractivity contribution in [3.8, 4) is 0 Å². The first kappa shape index (κ1) is 22.1. The Hall–Kier alpha value is -2.59. The van der Waals surface area contributed by atoms with Crippen molar-refractivity contribution in [1.29, 1.82) is 0 Å². The van der Waals surface area contributed by atoms with E-state index in [1.807, 2.05) is 24.3 Å². The standard InChI is InChI=1S/C25H28ClNO3/c1-18(15-25(29)30)14-24(28)27-22(16-20-12-13-21(26)17-23(20)27)11-7-3-6-10-19-8-4-2-5-9-19/h2,4-5,8-9,12-13,16-18H,3,6-7,10-11,14-15H2,1H3,(H,29,30). The van der Waals surface area contributed by atoms with Crippen molar-refractivity contribution in [3.63, 3.8) is 0 Å². The second-order valence-electron chi connectivity index (χ2n) is 8.02. The molecule has 0 spiro atoms. The van der Waals surface area contributed by atoms with E-state index in [2.05, 4.69) is 30.3 Å². The predicted octanol–water partition coefficient (Wildman–Crippen LogP) is 6.39. The second-order valence-corrected chi connectivity index (χ2v) is 8.46. The highest BCUT2D eigenvalue weighted by molar-refractivity contribution is 6.31. The number of unbranched alkanes of at least 4 members (excludes halogenated alkanes) is 2. The fourth-order valence-electron chi connectivity index (χ4n) is 3.93. The molecule has 3 rings (SSSR count). The SMILES string of the molecule is CC(CC(=O)O)CC(=O)n1c(CCCCCc2ccccc2)cc2ccc(Cl)cc21. The molecule has 3 aromatic rings. The normalized spacial score (nSPS) is 12.2. The van der Waals surface area contributed by atoms with Crippen LogP contribution < -0.4 is 0 Å². The highest BCUT2D eigenvalue weighted by Gasteiger charge is 2.19. The summed E-state index contributed by atoms with van der Waals surface area (Å²) in [7, 11) is 0. The Labute approximate surface area is 182 Å². The van der Waals surface area contributed by atoms with E-state index in [0.29, 0.717) is 5.02 Å². The quantitative estimate of drug-likeness (QED) is 0.383. The highest BCUT2D eigenvalue weighted by Crippen LogP contribution is 2.26. The topological polar surface area (TPSA) is 59.3 Å². The van der Waals surface area contributed by atoms with Crippen molar-refractivity contribution < 1.29 is 14.7 Å². The van der Waals surface area contributed by atoms with Crippen LogP contribution in [0.2, 0.25) is 5.02 Å². The van der Waals surface area contributed by atoms with Gasteiger partial charge in [-0.25, -0.2) is 0 Å². The summed E-state index contributed by atoms with van der Waals surface area (Å²) in [5.41, 5.74) is 3.12. The molecule has 0 aliphatic rings. The van der Waals surface area contributed by atoms with Crippen LogP contribution in [0.3, 0.4) is 0 Å². The Morgan fingerprint density at radius 2 is 1.70 bits per heavy atom. The van der Waals surface area contributed by atoms with Gasteiger partial charge in [-0.1, -0.05) is 61.3 Å². The number of aryl methyl sites for hydroxylation is 2. The van der Waals surface area contributed by atoms with Gasteiger partial charge in [-0.2, -0.15) is 0 Å². The van der Waals surface area contributed by atoms with Gasteiger partial charge in [-0.3, -0.25) is 14.2 Å². The van der Waals surface area contributed by atoms with Crippen molar-refractivity contribution in [3.05, 3.63) is 70.9 Å². The van der Waals surface area contributed by atoms with Gasteiger partial charge < -0.3 is 5.11 Å². The first-order valence-electron chi connectivity index (χ1n) is 10.5. The first-order chi connectivity index (χ1) is 14.4. The molecule has 158 valence electrons. The van der Waals surface area contributed by atoms with E-state index in [1.165, 1.54) is 5.56 Å². The van der Waals surface area contributed by atoms with Crippen LogP contribution in [0.15, 0.2) is 54.6 Å². The van der Waals surface area contributed by atoms with Crippen LogP contribution in [-0.2, 0) is 17.6 Å². The van der Waals surface area contributed by atoms with Gasteiger partial charge in [0.15, 0.2) is 0 Å². The van der Waals surface area contributed by atoms with E-state index in [-0.39, 0.29) is 24.7 Å². The molecule has 1 unspecified atom stereocenters. The van der Waals surface area contributed by atoms with Crippen LogP contribution in [-0.4, -0.2) is 21.6 Å². The van der Waals surface area contributed by atoms with E-state index >= 15 is 0 Å². The number of carboxylic acid groups (broad SMARTS) is 1. The van der Waals surface area contributed by atoms with Crippen LogP contribution in [0.5, 0.6) is 0 Å². The number of aromatic nitrogens is 1. The maximum absolute atomic E-state index is 13.0. The van der Waals surface area contributed by atoms with Gasteiger partial charge in [0.2, 0.25) is 5.91 Å². The summed E-state index contributed by atoms with van der Waals surface area (Å²) in [6, 6.07) is 18.1. The molecule has 1 atom stereocenters. The Bertz CT molecular complexity index is 1010. The fraction of sp³-hybridized carbons (Fsp3) is 0.360. The fourth-order valence-corrected chi connectivity index (χ4v) is 4.09. The molecule has 0 aliphatic carbocycles. The predicted molar refractivity (Wildman–Crippen MR) is 121 cm³/mol. The molecule has 0 fully saturated rings. The third-order valence-electron chi connectivity index (χ3n) is 5.38. The van der Waals surface area contributed by atoms with Gasteiger partial charge in [0.25, 0.3) is 0 Å². The van der Waals surface area contributed by atoms with Gasteiger partial charge >= 0.3 is 5.97 Å². The minimum Gasteiger partial charge on any atom is -0.481 e. The summed E-state index contributed by atoms with van der Waals surface area (Å²) in [5.74, 6) is -1.17. The molecule has 30 heavy (non-hydrogen) atoms. The number of carbonyl (C=O) groups excluding carboxylic acids is 1. The maximum Gasteiger partial charge on any atom is 0.303 e. The zero-order valence-corrected chi connectivity index (χ0v) is 18.1. The summed E-state index contributed by atoms with van der Waals surface area (Å²) in [6.45, 7) is 1.80. The van der Waals surface area contributed by atoms with Crippen molar-refractivity contribution >= 4 is 34.4 Å². The molecule has 1 N–H and O–H groups in total. The Kier molecular flexibility index (Phi) is 7.69.